The highest BCUT2D eigenvalue weighted by Gasteiger charge is 2.10. The van der Waals surface area contributed by atoms with Gasteiger partial charge in [0.25, 0.3) is 0 Å². The molecule has 2 rings (SSSR count). The molecule has 0 saturated heterocycles. The molecule has 16 heavy (non-hydrogen) atoms. The standard InChI is InChI=1S/C10H10FN3OS/c1-6-12-10(14-13-6)16-9-4-2-3-8(11)7(9)5-15/h2-4,15H,5H2,1H3,(H,12,13,14). The summed E-state index contributed by atoms with van der Waals surface area (Å²) in [6, 6.07) is 4.64. The van der Waals surface area contributed by atoms with E-state index in [0.29, 0.717) is 15.9 Å². The number of aryl methyl sites for hydroxylation is 1. The van der Waals surface area contributed by atoms with Gasteiger partial charge in [-0.3, -0.25) is 5.10 Å². The van der Waals surface area contributed by atoms with E-state index in [2.05, 4.69) is 15.2 Å². The molecule has 0 atom stereocenters. The van der Waals surface area contributed by atoms with Gasteiger partial charge in [0.15, 0.2) is 0 Å². The molecule has 1 aromatic heterocycles. The third-order valence-corrected chi connectivity index (χ3v) is 2.98. The maximum atomic E-state index is 13.3. The summed E-state index contributed by atoms with van der Waals surface area (Å²) in [6.07, 6.45) is 0. The first-order valence-electron chi connectivity index (χ1n) is 4.66. The van der Waals surface area contributed by atoms with Gasteiger partial charge in [-0.05, 0) is 30.8 Å². The number of rotatable bonds is 3. The molecular weight excluding hydrogens is 229 g/mol. The van der Waals surface area contributed by atoms with E-state index in [1.807, 2.05) is 0 Å². The zero-order chi connectivity index (χ0) is 11.5. The minimum atomic E-state index is -0.417. The molecule has 0 aliphatic rings. The highest BCUT2D eigenvalue weighted by molar-refractivity contribution is 7.99. The first-order chi connectivity index (χ1) is 7.70. The molecule has 2 N–H and O–H groups in total. The van der Waals surface area contributed by atoms with E-state index >= 15 is 0 Å². The maximum absolute atomic E-state index is 13.3. The van der Waals surface area contributed by atoms with Crippen LogP contribution in [0.15, 0.2) is 28.3 Å². The Hall–Kier alpha value is -1.40. The first-order valence-corrected chi connectivity index (χ1v) is 5.47. The van der Waals surface area contributed by atoms with Crippen LogP contribution >= 0.6 is 11.8 Å². The quantitative estimate of drug-likeness (QED) is 0.858. The van der Waals surface area contributed by atoms with Gasteiger partial charge in [0.05, 0.1) is 6.61 Å². The SMILES string of the molecule is Cc1nc(Sc2cccc(F)c2CO)n[nH]1. The van der Waals surface area contributed by atoms with E-state index in [1.165, 1.54) is 17.8 Å². The molecule has 6 heteroatoms. The van der Waals surface area contributed by atoms with Gasteiger partial charge in [0.1, 0.15) is 11.6 Å². The first kappa shape index (κ1) is 11.1. The second-order valence-corrected chi connectivity index (χ2v) is 4.19. The van der Waals surface area contributed by atoms with Crippen molar-refractivity contribution in [1.29, 1.82) is 0 Å². The third kappa shape index (κ3) is 2.23. The third-order valence-electron chi connectivity index (χ3n) is 2.01. The molecule has 1 heterocycles. The summed E-state index contributed by atoms with van der Waals surface area (Å²) in [5.74, 6) is 0.282. The number of aromatic amines is 1. The zero-order valence-corrected chi connectivity index (χ0v) is 9.38. The van der Waals surface area contributed by atoms with Crippen LogP contribution in [0.1, 0.15) is 11.4 Å². The summed E-state index contributed by atoms with van der Waals surface area (Å²) >= 11 is 1.22. The Morgan fingerprint density at radius 3 is 2.94 bits per heavy atom. The summed E-state index contributed by atoms with van der Waals surface area (Å²) < 4.78 is 13.3. The predicted molar refractivity (Wildman–Crippen MR) is 57.6 cm³/mol. The molecule has 0 amide bonds. The average molecular weight is 239 g/mol. The number of benzene rings is 1. The number of aliphatic hydroxyl groups is 1. The monoisotopic (exact) mass is 239 g/mol. The Bertz CT molecular complexity index is 501. The maximum Gasteiger partial charge on any atom is 0.213 e. The second-order valence-electron chi connectivity index (χ2n) is 3.18. The molecule has 0 aliphatic carbocycles. The Kier molecular flexibility index (Phi) is 3.21. The topological polar surface area (TPSA) is 61.8 Å². The van der Waals surface area contributed by atoms with Gasteiger partial charge in [-0.25, -0.2) is 9.37 Å². The lowest BCUT2D eigenvalue weighted by atomic mass is 10.2. The van der Waals surface area contributed by atoms with E-state index in [4.69, 9.17) is 5.11 Å². The average Bonchev–Trinajstić information content (AvgIpc) is 2.64. The fourth-order valence-corrected chi connectivity index (χ4v) is 2.16. The fourth-order valence-electron chi connectivity index (χ4n) is 1.25. The number of aromatic nitrogens is 3. The van der Waals surface area contributed by atoms with Gasteiger partial charge >= 0.3 is 0 Å². The lowest BCUT2D eigenvalue weighted by Crippen LogP contribution is -1.93. The summed E-state index contributed by atoms with van der Waals surface area (Å²) in [5.41, 5.74) is 0.273. The highest BCUT2D eigenvalue weighted by atomic mass is 32.2. The highest BCUT2D eigenvalue weighted by Crippen LogP contribution is 2.29. The predicted octanol–water partition coefficient (Wildman–Crippen LogP) is 1.90. The van der Waals surface area contributed by atoms with E-state index in [9.17, 15) is 4.39 Å². The van der Waals surface area contributed by atoms with Crippen LogP contribution in [0.5, 0.6) is 0 Å². The van der Waals surface area contributed by atoms with Crippen molar-refractivity contribution < 1.29 is 9.50 Å². The smallest absolute Gasteiger partial charge is 0.213 e. The summed E-state index contributed by atoms with van der Waals surface area (Å²) in [6.45, 7) is 1.45. The fraction of sp³-hybridized carbons (Fsp3) is 0.200. The van der Waals surface area contributed by atoms with E-state index < -0.39 is 5.82 Å². The van der Waals surface area contributed by atoms with Gasteiger partial charge < -0.3 is 5.11 Å². The lowest BCUT2D eigenvalue weighted by Gasteiger charge is -2.05. The zero-order valence-electron chi connectivity index (χ0n) is 8.57. The number of hydrogen-bond acceptors (Lipinski definition) is 4. The molecule has 2 aromatic rings. The molecule has 84 valence electrons. The Balaban J connectivity index is 2.30. The number of H-pyrrole nitrogens is 1. The summed E-state index contributed by atoms with van der Waals surface area (Å²) in [4.78, 5) is 4.73. The van der Waals surface area contributed by atoms with Crippen molar-refractivity contribution in [3.05, 3.63) is 35.4 Å². The van der Waals surface area contributed by atoms with Crippen molar-refractivity contribution >= 4 is 11.8 Å². The van der Waals surface area contributed by atoms with Crippen LogP contribution in [0.3, 0.4) is 0 Å². The van der Waals surface area contributed by atoms with Crippen molar-refractivity contribution in [3.63, 3.8) is 0 Å². The van der Waals surface area contributed by atoms with Crippen molar-refractivity contribution in [3.8, 4) is 0 Å². The van der Waals surface area contributed by atoms with Crippen LogP contribution in [-0.2, 0) is 6.61 Å². The minimum absolute atomic E-state index is 0.273. The van der Waals surface area contributed by atoms with Crippen LogP contribution in [0.4, 0.5) is 4.39 Å². The lowest BCUT2D eigenvalue weighted by molar-refractivity contribution is 0.272. The molecular formula is C10H10FN3OS. The van der Waals surface area contributed by atoms with Crippen LogP contribution in [0.25, 0.3) is 0 Å². The van der Waals surface area contributed by atoms with Gasteiger partial charge in [-0.15, -0.1) is 5.10 Å². The van der Waals surface area contributed by atoms with Crippen LogP contribution in [-0.4, -0.2) is 20.3 Å². The number of aliphatic hydroxyl groups excluding tert-OH is 1. The van der Waals surface area contributed by atoms with E-state index in [-0.39, 0.29) is 12.2 Å². The summed E-state index contributed by atoms with van der Waals surface area (Å²) in [5, 5.41) is 16.2. The molecule has 0 bridgehead atoms. The number of nitrogens with one attached hydrogen (secondary N) is 1. The van der Waals surface area contributed by atoms with Gasteiger partial charge in [-0.2, -0.15) is 0 Å². The molecule has 0 fully saturated rings. The number of halogens is 1. The molecule has 4 nitrogen and oxygen atoms in total. The Labute approximate surface area is 95.9 Å². The van der Waals surface area contributed by atoms with E-state index in [0.717, 1.165) is 0 Å². The number of hydrogen-bond donors (Lipinski definition) is 2. The number of nitrogens with zero attached hydrogens (tertiary/aromatic N) is 2. The van der Waals surface area contributed by atoms with Crippen molar-refractivity contribution in [2.75, 3.05) is 0 Å². The van der Waals surface area contributed by atoms with Crippen molar-refractivity contribution in [1.82, 2.24) is 15.2 Å². The molecule has 0 unspecified atom stereocenters. The molecule has 0 aliphatic heterocycles. The van der Waals surface area contributed by atoms with Crippen LogP contribution in [0, 0.1) is 12.7 Å². The van der Waals surface area contributed by atoms with Crippen LogP contribution < -0.4 is 0 Å². The summed E-state index contributed by atoms with van der Waals surface area (Å²) in [7, 11) is 0. The normalized spacial score (nSPS) is 10.7. The molecule has 0 radical (unpaired) electrons. The Morgan fingerprint density at radius 2 is 2.31 bits per heavy atom. The molecule has 1 aromatic carbocycles. The van der Waals surface area contributed by atoms with Crippen molar-refractivity contribution in [2.45, 2.75) is 23.6 Å². The minimum Gasteiger partial charge on any atom is -0.392 e. The van der Waals surface area contributed by atoms with Gasteiger partial charge in [0.2, 0.25) is 5.16 Å². The van der Waals surface area contributed by atoms with Gasteiger partial charge in [-0.1, -0.05) is 6.07 Å². The second kappa shape index (κ2) is 4.63. The molecule has 0 spiro atoms. The van der Waals surface area contributed by atoms with E-state index in [1.54, 1.807) is 19.1 Å². The molecule has 0 saturated carbocycles. The largest absolute Gasteiger partial charge is 0.392 e. The van der Waals surface area contributed by atoms with Crippen molar-refractivity contribution in [2.24, 2.45) is 0 Å². The van der Waals surface area contributed by atoms with Gasteiger partial charge in [0, 0.05) is 10.5 Å². The Morgan fingerprint density at radius 1 is 1.50 bits per heavy atom. The van der Waals surface area contributed by atoms with Crippen LogP contribution in [0.2, 0.25) is 0 Å².